The van der Waals surface area contributed by atoms with Crippen LogP contribution in [0, 0.1) is 0 Å². The lowest BCUT2D eigenvalue weighted by Gasteiger charge is -2.04. The number of furan rings is 1. The van der Waals surface area contributed by atoms with Gasteiger partial charge in [-0.3, -0.25) is 10.1 Å². The predicted octanol–water partition coefficient (Wildman–Crippen LogP) is 1.44. The Labute approximate surface area is 120 Å². The third kappa shape index (κ3) is 3.82. The third-order valence-corrected chi connectivity index (χ3v) is 2.55. The molecule has 0 saturated carbocycles. The molecule has 2 rings (SSSR count). The van der Waals surface area contributed by atoms with Crippen LogP contribution in [-0.4, -0.2) is 31.1 Å². The number of esters is 1. The largest absolute Gasteiger partial charge is 0.450 e. The molecule has 1 aromatic carbocycles. The van der Waals surface area contributed by atoms with Crippen LogP contribution in [0.15, 0.2) is 34.7 Å². The van der Waals surface area contributed by atoms with Crippen molar-refractivity contribution in [2.75, 3.05) is 13.2 Å². The number of nitrogens with one attached hydrogen (secondary N) is 2. The summed E-state index contributed by atoms with van der Waals surface area (Å²) in [6.45, 7) is 1.54. The first-order chi connectivity index (χ1) is 10.1. The lowest BCUT2D eigenvalue weighted by molar-refractivity contribution is -0.123. The molecule has 3 amide bonds. The molecule has 2 N–H and O–H groups in total. The fourth-order valence-electron chi connectivity index (χ4n) is 1.65. The Kier molecular flexibility index (Phi) is 4.55. The Morgan fingerprint density at radius 3 is 2.71 bits per heavy atom. The van der Waals surface area contributed by atoms with Gasteiger partial charge < -0.3 is 14.5 Å². The van der Waals surface area contributed by atoms with Crippen molar-refractivity contribution >= 4 is 28.9 Å². The summed E-state index contributed by atoms with van der Waals surface area (Å²) in [5.41, 5.74) is 0.552. The first-order valence-electron chi connectivity index (χ1n) is 6.33. The van der Waals surface area contributed by atoms with E-state index in [0.717, 1.165) is 5.39 Å². The normalized spacial score (nSPS) is 10.1. The summed E-state index contributed by atoms with van der Waals surface area (Å²) in [6.07, 6.45) is 0. The zero-order chi connectivity index (χ0) is 15.2. The molecular weight excluding hydrogens is 276 g/mol. The summed E-state index contributed by atoms with van der Waals surface area (Å²) in [7, 11) is 0. The topological polar surface area (TPSA) is 97.6 Å². The minimum atomic E-state index is -0.766. The number of carbonyl (C=O) groups is 3. The Morgan fingerprint density at radius 1 is 1.24 bits per heavy atom. The molecular formula is C14H14N2O5. The Bertz CT molecular complexity index is 644. The standard InChI is InChI=1S/C14H14N2O5/c1-2-15-14(19)16-12(17)8-20-13(18)11-7-9-5-3-4-6-10(9)21-11/h3-7H,2,8H2,1H3,(H2,15,16,17,19). The average molecular weight is 290 g/mol. The van der Waals surface area contributed by atoms with Gasteiger partial charge in [-0.1, -0.05) is 18.2 Å². The second-order valence-corrected chi connectivity index (χ2v) is 4.13. The number of amides is 3. The Morgan fingerprint density at radius 2 is 2.00 bits per heavy atom. The number of hydrogen-bond acceptors (Lipinski definition) is 5. The first kappa shape index (κ1) is 14.6. The van der Waals surface area contributed by atoms with E-state index >= 15 is 0 Å². The van der Waals surface area contributed by atoms with Crippen molar-refractivity contribution < 1.29 is 23.5 Å². The van der Waals surface area contributed by atoms with Gasteiger partial charge in [-0.25, -0.2) is 9.59 Å². The number of fused-ring (bicyclic) bond motifs is 1. The van der Waals surface area contributed by atoms with Gasteiger partial charge >= 0.3 is 12.0 Å². The van der Waals surface area contributed by atoms with E-state index in [4.69, 9.17) is 9.15 Å². The van der Waals surface area contributed by atoms with Gasteiger partial charge in [0.1, 0.15) is 5.58 Å². The van der Waals surface area contributed by atoms with Crippen molar-refractivity contribution in [1.82, 2.24) is 10.6 Å². The molecule has 0 aliphatic rings. The number of para-hydroxylation sites is 1. The highest BCUT2D eigenvalue weighted by Gasteiger charge is 2.16. The Balaban J connectivity index is 1.89. The van der Waals surface area contributed by atoms with Gasteiger partial charge in [0.2, 0.25) is 5.76 Å². The zero-order valence-corrected chi connectivity index (χ0v) is 11.3. The van der Waals surface area contributed by atoms with Crippen molar-refractivity contribution in [2.24, 2.45) is 0 Å². The van der Waals surface area contributed by atoms with Crippen LogP contribution < -0.4 is 10.6 Å². The molecule has 0 bridgehead atoms. The molecule has 0 spiro atoms. The minimum Gasteiger partial charge on any atom is -0.450 e. The van der Waals surface area contributed by atoms with Gasteiger partial charge in [-0.05, 0) is 19.1 Å². The van der Waals surface area contributed by atoms with Crippen molar-refractivity contribution in [3.8, 4) is 0 Å². The first-order valence-corrected chi connectivity index (χ1v) is 6.33. The molecule has 0 aliphatic carbocycles. The highest BCUT2D eigenvalue weighted by Crippen LogP contribution is 2.19. The van der Waals surface area contributed by atoms with Crippen LogP contribution in [0.25, 0.3) is 11.0 Å². The van der Waals surface area contributed by atoms with E-state index in [-0.39, 0.29) is 5.76 Å². The maximum atomic E-state index is 11.7. The zero-order valence-electron chi connectivity index (χ0n) is 11.3. The fourth-order valence-corrected chi connectivity index (χ4v) is 1.65. The molecule has 2 aromatic rings. The van der Waals surface area contributed by atoms with Crippen molar-refractivity contribution in [2.45, 2.75) is 6.92 Å². The van der Waals surface area contributed by atoms with Gasteiger partial charge in [0.05, 0.1) is 0 Å². The van der Waals surface area contributed by atoms with Crippen LogP contribution in [0.3, 0.4) is 0 Å². The average Bonchev–Trinajstić information content (AvgIpc) is 2.89. The number of rotatable bonds is 4. The highest BCUT2D eigenvalue weighted by molar-refractivity contribution is 5.97. The SMILES string of the molecule is CCNC(=O)NC(=O)COC(=O)c1cc2ccccc2o1. The monoisotopic (exact) mass is 290 g/mol. The van der Waals surface area contributed by atoms with Gasteiger partial charge in [0, 0.05) is 11.9 Å². The molecule has 7 nitrogen and oxygen atoms in total. The maximum Gasteiger partial charge on any atom is 0.374 e. The molecule has 0 fully saturated rings. The fraction of sp³-hybridized carbons (Fsp3) is 0.214. The van der Waals surface area contributed by atoms with Crippen LogP contribution in [-0.2, 0) is 9.53 Å². The van der Waals surface area contributed by atoms with Crippen LogP contribution in [0.2, 0.25) is 0 Å². The summed E-state index contributed by atoms with van der Waals surface area (Å²) >= 11 is 0. The van der Waals surface area contributed by atoms with E-state index in [1.54, 1.807) is 25.1 Å². The van der Waals surface area contributed by atoms with E-state index in [1.807, 2.05) is 11.4 Å². The van der Waals surface area contributed by atoms with Crippen LogP contribution in [0.4, 0.5) is 4.79 Å². The summed E-state index contributed by atoms with van der Waals surface area (Å²) < 4.78 is 10.1. The van der Waals surface area contributed by atoms with Crippen LogP contribution in [0.1, 0.15) is 17.5 Å². The number of urea groups is 1. The van der Waals surface area contributed by atoms with Crippen molar-refractivity contribution in [3.63, 3.8) is 0 Å². The van der Waals surface area contributed by atoms with Crippen LogP contribution >= 0.6 is 0 Å². The van der Waals surface area contributed by atoms with E-state index in [1.165, 1.54) is 6.07 Å². The molecule has 0 atom stereocenters. The predicted molar refractivity (Wildman–Crippen MR) is 73.7 cm³/mol. The quantitative estimate of drug-likeness (QED) is 0.830. The summed E-state index contributed by atoms with van der Waals surface area (Å²) in [4.78, 5) is 34.2. The molecule has 0 aliphatic heterocycles. The molecule has 0 unspecified atom stereocenters. The Hall–Kier alpha value is -2.83. The number of benzene rings is 1. The van der Waals surface area contributed by atoms with Gasteiger partial charge in [-0.15, -0.1) is 0 Å². The van der Waals surface area contributed by atoms with E-state index in [9.17, 15) is 14.4 Å². The second-order valence-electron chi connectivity index (χ2n) is 4.13. The molecule has 21 heavy (non-hydrogen) atoms. The molecule has 110 valence electrons. The summed E-state index contributed by atoms with van der Waals surface area (Å²) in [5.74, 6) is -1.48. The summed E-state index contributed by atoms with van der Waals surface area (Å²) in [5, 5.41) is 5.16. The summed E-state index contributed by atoms with van der Waals surface area (Å²) in [6, 6.07) is 7.99. The van der Waals surface area contributed by atoms with E-state index in [0.29, 0.717) is 12.1 Å². The number of ether oxygens (including phenoxy) is 1. The van der Waals surface area contributed by atoms with E-state index in [2.05, 4.69) is 5.32 Å². The van der Waals surface area contributed by atoms with E-state index < -0.39 is 24.5 Å². The van der Waals surface area contributed by atoms with Crippen LogP contribution in [0.5, 0.6) is 0 Å². The van der Waals surface area contributed by atoms with Crippen molar-refractivity contribution in [1.29, 1.82) is 0 Å². The van der Waals surface area contributed by atoms with Crippen molar-refractivity contribution in [3.05, 3.63) is 36.1 Å². The minimum absolute atomic E-state index is 0.00186. The smallest absolute Gasteiger partial charge is 0.374 e. The van der Waals surface area contributed by atoms with Gasteiger partial charge in [0.15, 0.2) is 6.61 Å². The lowest BCUT2D eigenvalue weighted by atomic mass is 10.2. The molecule has 0 saturated heterocycles. The molecule has 1 aromatic heterocycles. The number of carbonyl (C=O) groups excluding carboxylic acids is 3. The molecule has 1 heterocycles. The third-order valence-electron chi connectivity index (χ3n) is 2.55. The van der Waals surface area contributed by atoms with Gasteiger partial charge in [-0.2, -0.15) is 0 Å². The molecule has 7 heteroatoms. The maximum absolute atomic E-state index is 11.7. The second kappa shape index (κ2) is 6.56. The highest BCUT2D eigenvalue weighted by atomic mass is 16.5. The van der Waals surface area contributed by atoms with Gasteiger partial charge in [0.25, 0.3) is 5.91 Å². The lowest BCUT2D eigenvalue weighted by Crippen LogP contribution is -2.41. The number of hydrogen-bond donors (Lipinski definition) is 2. The molecule has 0 radical (unpaired) electrons. The number of imide groups is 1.